The second-order valence-corrected chi connectivity index (χ2v) is 7.58. The number of piperidine rings is 2. The fourth-order valence-electron chi connectivity index (χ4n) is 4.21. The summed E-state index contributed by atoms with van der Waals surface area (Å²) in [6.45, 7) is 2.17. The fourth-order valence-corrected chi connectivity index (χ4v) is 4.21. The average molecular weight is 434 g/mol. The molecule has 8 nitrogen and oxygen atoms in total. The Morgan fingerprint density at radius 1 is 1.27 bits per heavy atom. The summed E-state index contributed by atoms with van der Waals surface area (Å²) in [5.41, 5.74) is 0.623. The van der Waals surface area contributed by atoms with Crippen molar-refractivity contribution in [2.75, 3.05) is 37.0 Å². The molecular formula is C21H28ClN5O3. The number of nitrogens with zero attached hydrogens (tertiary/aromatic N) is 3. The number of carbonyl (C=O) groups is 2. The van der Waals surface area contributed by atoms with Gasteiger partial charge in [0.25, 0.3) is 5.91 Å². The summed E-state index contributed by atoms with van der Waals surface area (Å²) in [5, 5.41) is 10.7. The van der Waals surface area contributed by atoms with E-state index in [0.29, 0.717) is 42.9 Å². The summed E-state index contributed by atoms with van der Waals surface area (Å²) in [7, 11) is 1.59. The van der Waals surface area contributed by atoms with Crippen LogP contribution >= 0.6 is 12.4 Å². The smallest absolute Gasteiger partial charge is 0.252 e. The van der Waals surface area contributed by atoms with Gasteiger partial charge in [0.1, 0.15) is 11.3 Å². The molecule has 2 fully saturated rings. The van der Waals surface area contributed by atoms with Crippen LogP contribution in [0.2, 0.25) is 0 Å². The lowest BCUT2D eigenvalue weighted by atomic mass is 9.87. The molecule has 1 aromatic carbocycles. The maximum absolute atomic E-state index is 13.4. The number of ether oxygens (including phenoxy) is 1. The molecule has 0 spiro atoms. The Morgan fingerprint density at radius 3 is 2.73 bits per heavy atom. The fraction of sp³-hybridized carbons (Fsp3) is 0.476. The van der Waals surface area contributed by atoms with Gasteiger partial charge < -0.3 is 20.3 Å². The van der Waals surface area contributed by atoms with Crippen LogP contribution in [0.1, 0.15) is 32.1 Å². The zero-order valence-electron chi connectivity index (χ0n) is 17.1. The van der Waals surface area contributed by atoms with Crippen LogP contribution in [-0.2, 0) is 15.1 Å². The second-order valence-electron chi connectivity index (χ2n) is 7.58. The highest BCUT2D eigenvalue weighted by atomic mass is 35.5. The highest BCUT2D eigenvalue weighted by Crippen LogP contribution is 2.35. The molecule has 2 aliphatic rings. The number of anilines is 2. The predicted molar refractivity (Wildman–Crippen MR) is 117 cm³/mol. The molecule has 30 heavy (non-hydrogen) atoms. The standard InChI is InChI=1S/C21H27N5O3.ClH/c1-29-18-7-6-16(15-17(18)25-13-3-2-5-19(25)27)24-20(28)21(8-11-22-12-9-21)26-14-4-10-23-26;/h4,6-7,10,14-15,22H,2-3,5,8-9,11-13H2,1H3,(H,24,28);1H. The lowest BCUT2D eigenvalue weighted by molar-refractivity contribution is -0.126. The van der Waals surface area contributed by atoms with Gasteiger partial charge in [0, 0.05) is 31.0 Å². The third-order valence-corrected chi connectivity index (χ3v) is 5.85. The lowest BCUT2D eigenvalue weighted by Gasteiger charge is -2.36. The van der Waals surface area contributed by atoms with Crippen LogP contribution in [0.4, 0.5) is 11.4 Å². The third-order valence-electron chi connectivity index (χ3n) is 5.85. The first-order valence-corrected chi connectivity index (χ1v) is 10.1. The molecule has 0 aliphatic carbocycles. The monoisotopic (exact) mass is 433 g/mol. The molecule has 2 aromatic rings. The van der Waals surface area contributed by atoms with Crippen molar-refractivity contribution in [2.45, 2.75) is 37.6 Å². The molecule has 0 unspecified atom stereocenters. The molecule has 0 atom stereocenters. The normalized spacial score (nSPS) is 18.4. The summed E-state index contributed by atoms with van der Waals surface area (Å²) < 4.78 is 7.24. The van der Waals surface area contributed by atoms with Gasteiger partial charge in [-0.25, -0.2) is 0 Å². The third kappa shape index (κ3) is 4.15. The number of benzene rings is 1. The van der Waals surface area contributed by atoms with Gasteiger partial charge in [-0.3, -0.25) is 14.3 Å². The summed E-state index contributed by atoms with van der Waals surface area (Å²) >= 11 is 0. The van der Waals surface area contributed by atoms with Crippen molar-refractivity contribution < 1.29 is 14.3 Å². The molecule has 162 valence electrons. The van der Waals surface area contributed by atoms with Gasteiger partial charge in [0.15, 0.2) is 0 Å². The molecule has 2 saturated heterocycles. The zero-order valence-corrected chi connectivity index (χ0v) is 17.9. The highest BCUT2D eigenvalue weighted by Gasteiger charge is 2.42. The molecule has 2 N–H and O–H groups in total. The van der Waals surface area contributed by atoms with Crippen LogP contribution in [0, 0.1) is 0 Å². The van der Waals surface area contributed by atoms with E-state index in [4.69, 9.17) is 4.74 Å². The summed E-state index contributed by atoms with van der Waals surface area (Å²) in [5.74, 6) is 0.620. The Bertz CT molecular complexity index is 881. The van der Waals surface area contributed by atoms with Crippen molar-refractivity contribution in [3.05, 3.63) is 36.7 Å². The first-order chi connectivity index (χ1) is 14.1. The SMILES string of the molecule is COc1ccc(NC(=O)C2(n3cccn3)CCNCC2)cc1N1CCCCC1=O.Cl. The topological polar surface area (TPSA) is 88.5 Å². The Balaban J connectivity index is 0.00000256. The number of carbonyl (C=O) groups excluding carboxylic acids is 2. The minimum atomic E-state index is -0.726. The second kappa shape index (κ2) is 9.49. The average Bonchev–Trinajstić information content (AvgIpc) is 3.30. The van der Waals surface area contributed by atoms with E-state index in [1.165, 1.54) is 0 Å². The molecule has 2 amide bonds. The minimum absolute atomic E-state index is 0. The van der Waals surface area contributed by atoms with Gasteiger partial charge in [0.05, 0.1) is 12.8 Å². The number of aromatic nitrogens is 2. The van der Waals surface area contributed by atoms with E-state index in [9.17, 15) is 9.59 Å². The van der Waals surface area contributed by atoms with Crippen LogP contribution in [0.5, 0.6) is 5.75 Å². The van der Waals surface area contributed by atoms with Gasteiger partial charge in [-0.1, -0.05) is 0 Å². The van der Waals surface area contributed by atoms with Crippen LogP contribution in [-0.4, -0.2) is 48.3 Å². The van der Waals surface area contributed by atoms with E-state index >= 15 is 0 Å². The van der Waals surface area contributed by atoms with E-state index in [1.54, 1.807) is 29.0 Å². The molecule has 0 saturated carbocycles. The maximum atomic E-state index is 13.4. The summed E-state index contributed by atoms with van der Waals surface area (Å²) in [4.78, 5) is 27.6. The van der Waals surface area contributed by atoms with Crippen molar-refractivity contribution >= 4 is 35.6 Å². The number of hydrogen-bond acceptors (Lipinski definition) is 5. The molecule has 1 aromatic heterocycles. The molecular weight excluding hydrogens is 406 g/mol. The molecule has 9 heteroatoms. The van der Waals surface area contributed by atoms with Crippen LogP contribution < -0.4 is 20.3 Å². The number of rotatable bonds is 5. The molecule has 0 radical (unpaired) electrons. The Morgan fingerprint density at radius 2 is 2.07 bits per heavy atom. The first-order valence-electron chi connectivity index (χ1n) is 10.1. The number of methoxy groups -OCH3 is 1. The van der Waals surface area contributed by atoms with Crippen molar-refractivity contribution in [1.29, 1.82) is 0 Å². The summed E-state index contributed by atoms with van der Waals surface area (Å²) in [6.07, 6.45) is 7.27. The molecule has 4 rings (SSSR count). The van der Waals surface area contributed by atoms with Crippen molar-refractivity contribution in [3.8, 4) is 5.75 Å². The molecule has 0 bridgehead atoms. The van der Waals surface area contributed by atoms with Gasteiger partial charge in [-0.15, -0.1) is 12.4 Å². The van der Waals surface area contributed by atoms with Crippen LogP contribution in [0.25, 0.3) is 0 Å². The number of hydrogen-bond donors (Lipinski definition) is 2. The maximum Gasteiger partial charge on any atom is 0.252 e. The number of nitrogens with one attached hydrogen (secondary N) is 2. The first kappa shape index (κ1) is 22.1. The van der Waals surface area contributed by atoms with Gasteiger partial charge >= 0.3 is 0 Å². The van der Waals surface area contributed by atoms with E-state index < -0.39 is 5.54 Å². The largest absolute Gasteiger partial charge is 0.495 e. The molecule has 3 heterocycles. The van der Waals surface area contributed by atoms with Crippen LogP contribution in [0.15, 0.2) is 36.7 Å². The van der Waals surface area contributed by atoms with Crippen molar-refractivity contribution in [3.63, 3.8) is 0 Å². The zero-order chi connectivity index (χ0) is 20.3. The Labute approximate surface area is 182 Å². The van der Waals surface area contributed by atoms with Crippen molar-refractivity contribution in [1.82, 2.24) is 15.1 Å². The minimum Gasteiger partial charge on any atom is -0.495 e. The van der Waals surface area contributed by atoms with E-state index in [0.717, 1.165) is 25.9 Å². The predicted octanol–water partition coefficient (Wildman–Crippen LogP) is 2.55. The Hall–Kier alpha value is -2.58. The quantitative estimate of drug-likeness (QED) is 0.756. The Kier molecular flexibility index (Phi) is 6.99. The highest BCUT2D eigenvalue weighted by molar-refractivity contribution is 5.99. The van der Waals surface area contributed by atoms with Gasteiger partial charge in [-0.2, -0.15) is 5.10 Å². The van der Waals surface area contributed by atoms with E-state index in [2.05, 4.69) is 15.7 Å². The summed E-state index contributed by atoms with van der Waals surface area (Å²) in [6, 6.07) is 7.28. The van der Waals surface area contributed by atoms with Crippen molar-refractivity contribution in [2.24, 2.45) is 0 Å². The van der Waals surface area contributed by atoms with Gasteiger partial charge in [0.2, 0.25) is 5.91 Å². The number of amides is 2. The lowest BCUT2D eigenvalue weighted by Crippen LogP contribution is -2.52. The molecule has 2 aliphatic heterocycles. The number of halogens is 1. The van der Waals surface area contributed by atoms with E-state index in [1.807, 2.05) is 24.4 Å². The van der Waals surface area contributed by atoms with E-state index in [-0.39, 0.29) is 24.2 Å². The van der Waals surface area contributed by atoms with Gasteiger partial charge in [-0.05, 0) is 63.0 Å². The van der Waals surface area contributed by atoms with Crippen LogP contribution in [0.3, 0.4) is 0 Å².